The highest BCUT2D eigenvalue weighted by atomic mass is 35.5. The van der Waals surface area contributed by atoms with Crippen molar-refractivity contribution in [3.8, 4) is 0 Å². The van der Waals surface area contributed by atoms with Gasteiger partial charge < -0.3 is 10.3 Å². The maximum atomic E-state index is 13.8. The molecule has 0 saturated heterocycles. The van der Waals surface area contributed by atoms with Crippen LogP contribution in [0.15, 0.2) is 48.7 Å². The lowest BCUT2D eigenvalue weighted by Crippen LogP contribution is -2.01. The largest absolute Gasteiger partial charge is 0.399 e. The fourth-order valence-corrected chi connectivity index (χ4v) is 2.42. The molecule has 0 aliphatic carbocycles. The molecular weight excluding hydrogens is 263 g/mol. The standard InChI is InChI=1S/C15H12ClFN2/c16-13-2-1-3-14(17)12(13)9-19-7-6-10-4-5-11(18)8-15(10)19/h1-8H,9,18H2. The van der Waals surface area contributed by atoms with Crippen molar-refractivity contribution in [2.24, 2.45) is 0 Å². The van der Waals surface area contributed by atoms with Crippen molar-refractivity contribution in [1.29, 1.82) is 0 Å². The zero-order chi connectivity index (χ0) is 13.4. The van der Waals surface area contributed by atoms with E-state index in [1.807, 2.05) is 35.0 Å². The maximum absolute atomic E-state index is 13.8. The van der Waals surface area contributed by atoms with Crippen LogP contribution in [0.3, 0.4) is 0 Å². The molecule has 0 unspecified atom stereocenters. The van der Waals surface area contributed by atoms with E-state index in [9.17, 15) is 4.39 Å². The van der Waals surface area contributed by atoms with Crippen LogP contribution in [0, 0.1) is 5.82 Å². The van der Waals surface area contributed by atoms with Gasteiger partial charge in [-0.2, -0.15) is 0 Å². The minimum Gasteiger partial charge on any atom is -0.399 e. The molecule has 2 nitrogen and oxygen atoms in total. The molecule has 0 fully saturated rings. The zero-order valence-corrected chi connectivity index (χ0v) is 10.9. The molecule has 1 heterocycles. The highest BCUT2D eigenvalue weighted by molar-refractivity contribution is 6.31. The van der Waals surface area contributed by atoms with Crippen LogP contribution in [0.5, 0.6) is 0 Å². The quantitative estimate of drug-likeness (QED) is 0.702. The fraction of sp³-hybridized carbons (Fsp3) is 0.0667. The molecule has 0 amide bonds. The second-order valence-corrected chi connectivity index (χ2v) is 4.87. The number of nitrogens with zero attached hydrogens (tertiary/aromatic N) is 1. The molecule has 3 rings (SSSR count). The third kappa shape index (κ3) is 2.17. The van der Waals surface area contributed by atoms with Gasteiger partial charge in [-0.1, -0.05) is 23.7 Å². The molecule has 2 aromatic carbocycles. The maximum Gasteiger partial charge on any atom is 0.129 e. The highest BCUT2D eigenvalue weighted by Gasteiger charge is 2.09. The summed E-state index contributed by atoms with van der Waals surface area (Å²) in [6.45, 7) is 0.387. The van der Waals surface area contributed by atoms with Crippen LogP contribution in [-0.2, 0) is 6.54 Å². The molecular formula is C15H12ClFN2. The summed E-state index contributed by atoms with van der Waals surface area (Å²) in [5.41, 5.74) is 7.94. The van der Waals surface area contributed by atoms with E-state index in [-0.39, 0.29) is 5.82 Å². The Morgan fingerprint density at radius 1 is 1.16 bits per heavy atom. The first kappa shape index (κ1) is 12.1. The van der Waals surface area contributed by atoms with Crippen LogP contribution in [0.2, 0.25) is 5.02 Å². The Morgan fingerprint density at radius 2 is 2.00 bits per heavy atom. The molecule has 0 aliphatic heterocycles. The molecule has 0 bridgehead atoms. The Bertz CT molecular complexity index is 729. The Hall–Kier alpha value is -2.00. The van der Waals surface area contributed by atoms with Crippen LogP contribution in [0.1, 0.15) is 5.56 Å². The van der Waals surface area contributed by atoms with Crippen LogP contribution in [0.4, 0.5) is 10.1 Å². The molecule has 0 saturated carbocycles. The monoisotopic (exact) mass is 274 g/mol. The Balaban J connectivity index is 2.08. The van der Waals surface area contributed by atoms with E-state index in [0.29, 0.717) is 22.8 Å². The van der Waals surface area contributed by atoms with Gasteiger partial charge in [-0.3, -0.25) is 0 Å². The lowest BCUT2D eigenvalue weighted by atomic mass is 10.2. The van der Waals surface area contributed by atoms with Gasteiger partial charge in [-0.15, -0.1) is 0 Å². The molecule has 0 aliphatic rings. The van der Waals surface area contributed by atoms with Gasteiger partial charge in [0.25, 0.3) is 0 Å². The molecule has 0 spiro atoms. The second kappa shape index (κ2) is 4.59. The summed E-state index contributed by atoms with van der Waals surface area (Å²) in [5, 5.41) is 1.51. The first-order valence-corrected chi connectivity index (χ1v) is 6.30. The topological polar surface area (TPSA) is 30.9 Å². The predicted molar refractivity (Wildman–Crippen MR) is 76.9 cm³/mol. The average Bonchev–Trinajstić information content (AvgIpc) is 2.76. The van der Waals surface area contributed by atoms with Gasteiger partial charge in [-0.05, 0) is 35.7 Å². The summed E-state index contributed by atoms with van der Waals surface area (Å²) in [4.78, 5) is 0. The molecule has 96 valence electrons. The van der Waals surface area contributed by atoms with Gasteiger partial charge in [0.2, 0.25) is 0 Å². The summed E-state index contributed by atoms with van der Waals surface area (Å²) in [6.07, 6.45) is 1.91. The fourth-order valence-electron chi connectivity index (χ4n) is 2.19. The van der Waals surface area contributed by atoms with Gasteiger partial charge >= 0.3 is 0 Å². The van der Waals surface area contributed by atoms with Crippen molar-refractivity contribution in [3.05, 3.63) is 65.1 Å². The van der Waals surface area contributed by atoms with Crippen molar-refractivity contribution < 1.29 is 4.39 Å². The molecule has 3 aromatic rings. The summed E-state index contributed by atoms with van der Waals surface area (Å²) >= 11 is 6.05. The van der Waals surface area contributed by atoms with E-state index in [4.69, 9.17) is 17.3 Å². The van der Waals surface area contributed by atoms with E-state index < -0.39 is 0 Å². The zero-order valence-electron chi connectivity index (χ0n) is 10.1. The Labute approximate surface area is 115 Å². The molecule has 19 heavy (non-hydrogen) atoms. The summed E-state index contributed by atoms with van der Waals surface area (Å²) in [7, 11) is 0. The van der Waals surface area contributed by atoms with Crippen molar-refractivity contribution in [2.45, 2.75) is 6.54 Å². The first-order valence-electron chi connectivity index (χ1n) is 5.92. The van der Waals surface area contributed by atoms with Gasteiger partial charge in [-0.25, -0.2) is 4.39 Å². The van der Waals surface area contributed by atoms with Gasteiger partial charge in [0.15, 0.2) is 0 Å². The van der Waals surface area contributed by atoms with Crippen molar-refractivity contribution >= 4 is 28.2 Å². The molecule has 0 radical (unpaired) electrons. The number of anilines is 1. The SMILES string of the molecule is Nc1ccc2ccn(Cc3c(F)cccc3Cl)c2c1. The third-order valence-electron chi connectivity index (χ3n) is 3.19. The van der Waals surface area contributed by atoms with E-state index in [0.717, 1.165) is 10.9 Å². The lowest BCUT2D eigenvalue weighted by molar-refractivity contribution is 0.602. The van der Waals surface area contributed by atoms with Crippen molar-refractivity contribution in [3.63, 3.8) is 0 Å². The van der Waals surface area contributed by atoms with Gasteiger partial charge in [0.1, 0.15) is 5.82 Å². The van der Waals surface area contributed by atoms with Crippen molar-refractivity contribution in [2.75, 3.05) is 5.73 Å². The number of halogens is 2. The second-order valence-electron chi connectivity index (χ2n) is 4.46. The minimum atomic E-state index is -0.293. The third-order valence-corrected chi connectivity index (χ3v) is 3.54. The smallest absolute Gasteiger partial charge is 0.129 e. The van der Waals surface area contributed by atoms with Crippen LogP contribution in [0.25, 0.3) is 10.9 Å². The van der Waals surface area contributed by atoms with E-state index in [2.05, 4.69) is 0 Å². The van der Waals surface area contributed by atoms with Gasteiger partial charge in [0, 0.05) is 22.5 Å². The number of fused-ring (bicyclic) bond motifs is 1. The number of rotatable bonds is 2. The molecule has 0 atom stereocenters. The van der Waals surface area contributed by atoms with Crippen LogP contribution < -0.4 is 5.73 Å². The Morgan fingerprint density at radius 3 is 2.79 bits per heavy atom. The van der Waals surface area contributed by atoms with Crippen molar-refractivity contribution in [1.82, 2.24) is 4.57 Å². The highest BCUT2D eigenvalue weighted by Crippen LogP contribution is 2.24. The summed E-state index contributed by atoms with van der Waals surface area (Å²) in [5.74, 6) is -0.293. The minimum absolute atomic E-state index is 0.293. The predicted octanol–water partition coefficient (Wildman–Crippen LogP) is 4.06. The number of aromatic nitrogens is 1. The lowest BCUT2D eigenvalue weighted by Gasteiger charge is -2.09. The Kier molecular flexibility index (Phi) is 2.91. The first-order chi connectivity index (χ1) is 9.15. The number of hydrogen-bond donors (Lipinski definition) is 1. The van der Waals surface area contributed by atoms with E-state index >= 15 is 0 Å². The number of nitrogen functional groups attached to an aromatic ring is 1. The number of benzene rings is 2. The normalized spacial score (nSPS) is 11.1. The summed E-state index contributed by atoms with van der Waals surface area (Å²) in [6, 6.07) is 12.4. The van der Waals surface area contributed by atoms with Gasteiger partial charge in [0.05, 0.1) is 12.1 Å². The average molecular weight is 275 g/mol. The molecule has 2 N–H and O–H groups in total. The van der Waals surface area contributed by atoms with Crippen LogP contribution >= 0.6 is 11.6 Å². The molecule has 1 aromatic heterocycles. The van der Waals surface area contributed by atoms with E-state index in [1.54, 1.807) is 12.1 Å². The van der Waals surface area contributed by atoms with E-state index in [1.165, 1.54) is 6.07 Å². The number of hydrogen-bond acceptors (Lipinski definition) is 1. The van der Waals surface area contributed by atoms with Crippen LogP contribution in [-0.4, -0.2) is 4.57 Å². The number of nitrogens with two attached hydrogens (primary N) is 1. The molecule has 4 heteroatoms. The summed E-state index contributed by atoms with van der Waals surface area (Å²) < 4.78 is 15.7.